The first-order chi connectivity index (χ1) is 12.0. The van der Waals surface area contributed by atoms with E-state index >= 15 is 0 Å². The molecule has 0 aliphatic heterocycles. The van der Waals surface area contributed by atoms with Crippen LogP contribution in [0, 0.1) is 11.6 Å². The Kier molecular flexibility index (Phi) is 6.62. The lowest BCUT2D eigenvalue weighted by molar-refractivity contribution is -0.140. The highest BCUT2D eigenvalue weighted by molar-refractivity contribution is 5.96. The first-order valence-corrected chi connectivity index (χ1v) is 7.76. The van der Waals surface area contributed by atoms with Gasteiger partial charge in [-0.15, -0.1) is 0 Å². The molecule has 0 saturated carbocycles. The van der Waals surface area contributed by atoms with E-state index in [9.17, 15) is 18.4 Å². The Labute approximate surface area is 144 Å². The van der Waals surface area contributed by atoms with Gasteiger partial charge in [-0.25, -0.2) is 8.78 Å². The van der Waals surface area contributed by atoms with Gasteiger partial charge in [0.2, 0.25) is 0 Å². The highest BCUT2D eigenvalue weighted by Gasteiger charge is 2.09. The van der Waals surface area contributed by atoms with Crippen molar-refractivity contribution in [3.05, 3.63) is 65.2 Å². The fourth-order valence-electron chi connectivity index (χ4n) is 2.18. The molecule has 2 aromatic rings. The van der Waals surface area contributed by atoms with Crippen LogP contribution < -0.4 is 4.74 Å². The van der Waals surface area contributed by atoms with Gasteiger partial charge >= 0.3 is 5.97 Å². The Morgan fingerprint density at radius 1 is 1.00 bits per heavy atom. The van der Waals surface area contributed by atoms with Gasteiger partial charge in [-0.1, -0.05) is 24.3 Å². The molecule has 0 unspecified atom stereocenters. The molecule has 4 nitrogen and oxygen atoms in total. The van der Waals surface area contributed by atoms with Crippen molar-refractivity contribution in [2.45, 2.75) is 25.9 Å². The lowest BCUT2D eigenvalue weighted by Gasteiger charge is -2.08. The van der Waals surface area contributed by atoms with Crippen LogP contribution in [-0.2, 0) is 16.1 Å². The number of rotatable bonds is 8. The molecule has 2 rings (SSSR count). The van der Waals surface area contributed by atoms with Crippen LogP contribution in [0.15, 0.2) is 42.5 Å². The van der Waals surface area contributed by atoms with Crippen LogP contribution in [0.3, 0.4) is 0 Å². The van der Waals surface area contributed by atoms with Crippen molar-refractivity contribution in [3.63, 3.8) is 0 Å². The predicted molar refractivity (Wildman–Crippen MR) is 87.3 cm³/mol. The summed E-state index contributed by atoms with van der Waals surface area (Å²) in [6.07, 6.45) is 0.877. The minimum absolute atomic E-state index is 0.0528. The SMILES string of the molecule is COC(=O)CCCC(=O)c1ccc(COc2cc(F)ccc2F)cc1. The van der Waals surface area contributed by atoms with E-state index in [0.29, 0.717) is 12.0 Å². The van der Waals surface area contributed by atoms with Gasteiger partial charge in [-0.2, -0.15) is 0 Å². The third kappa shape index (κ3) is 5.67. The van der Waals surface area contributed by atoms with E-state index < -0.39 is 11.6 Å². The van der Waals surface area contributed by atoms with Crippen LogP contribution in [0.25, 0.3) is 0 Å². The molecule has 0 saturated heterocycles. The smallest absolute Gasteiger partial charge is 0.305 e. The molecule has 0 atom stereocenters. The highest BCUT2D eigenvalue weighted by atomic mass is 19.1. The first-order valence-electron chi connectivity index (χ1n) is 7.76. The number of hydrogen-bond donors (Lipinski definition) is 0. The number of esters is 1. The van der Waals surface area contributed by atoms with Crippen molar-refractivity contribution in [3.8, 4) is 5.75 Å². The maximum absolute atomic E-state index is 13.5. The molecule has 0 aliphatic rings. The summed E-state index contributed by atoms with van der Waals surface area (Å²) in [6, 6.07) is 9.65. The monoisotopic (exact) mass is 348 g/mol. The molecule has 0 bridgehead atoms. The normalized spacial score (nSPS) is 10.4. The molecule has 0 fully saturated rings. The highest BCUT2D eigenvalue weighted by Crippen LogP contribution is 2.19. The van der Waals surface area contributed by atoms with E-state index in [2.05, 4.69) is 4.74 Å². The minimum atomic E-state index is -0.640. The van der Waals surface area contributed by atoms with Crippen LogP contribution >= 0.6 is 0 Å². The van der Waals surface area contributed by atoms with Gasteiger partial charge in [-0.05, 0) is 24.1 Å². The molecule has 0 aliphatic carbocycles. The number of carbonyl (C=O) groups excluding carboxylic acids is 2. The third-order valence-electron chi connectivity index (χ3n) is 3.58. The van der Waals surface area contributed by atoms with Crippen LogP contribution in [-0.4, -0.2) is 18.9 Å². The second-order valence-corrected chi connectivity index (χ2v) is 5.41. The Morgan fingerprint density at radius 3 is 2.40 bits per heavy atom. The number of hydrogen-bond acceptors (Lipinski definition) is 4. The van der Waals surface area contributed by atoms with Crippen LogP contribution in [0.1, 0.15) is 35.2 Å². The predicted octanol–water partition coefficient (Wildman–Crippen LogP) is 4.07. The summed E-state index contributed by atoms with van der Waals surface area (Å²) in [5.74, 6) is -1.80. The average molecular weight is 348 g/mol. The molecule has 0 radical (unpaired) electrons. The number of carbonyl (C=O) groups is 2. The summed E-state index contributed by atoms with van der Waals surface area (Å²) in [6.45, 7) is 0.0528. The maximum atomic E-state index is 13.5. The Balaban J connectivity index is 1.88. The molecule has 0 aromatic heterocycles. The molecule has 25 heavy (non-hydrogen) atoms. The molecule has 0 spiro atoms. The van der Waals surface area contributed by atoms with E-state index in [0.717, 1.165) is 23.8 Å². The Morgan fingerprint density at radius 2 is 1.72 bits per heavy atom. The zero-order chi connectivity index (χ0) is 18.2. The van der Waals surface area contributed by atoms with Gasteiger partial charge < -0.3 is 9.47 Å². The van der Waals surface area contributed by atoms with E-state index in [1.165, 1.54) is 7.11 Å². The van der Waals surface area contributed by atoms with E-state index in [1.807, 2.05) is 0 Å². The number of halogens is 2. The number of Topliss-reactive ketones (excluding diaryl/α,β-unsaturated/α-hetero) is 1. The van der Waals surface area contributed by atoms with Crippen LogP contribution in [0.4, 0.5) is 8.78 Å². The summed E-state index contributed by atoms with van der Waals surface area (Å²) >= 11 is 0. The lowest BCUT2D eigenvalue weighted by atomic mass is 10.0. The van der Waals surface area contributed by atoms with Crippen LogP contribution in [0.5, 0.6) is 5.75 Å². The number of ketones is 1. The van der Waals surface area contributed by atoms with E-state index in [-0.39, 0.29) is 37.0 Å². The van der Waals surface area contributed by atoms with Crippen molar-refractivity contribution >= 4 is 11.8 Å². The zero-order valence-corrected chi connectivity index (χ0v) is 13.8. The molecule has 0 heterocycles. The molecular formula is C19H18F2O4. The number of ether oxygens (including phenoxy) is 2. The van der Waals surface area contributed by atoms with Crippen molar-refractivity contribution in [1.82, 2.24) is 0 Å². The summed E-state index contributed by atoms with van der Waals surface area (Å²) < 4.78 is 36.3. The van der Waals surface area contributed by atoms with Crippen molar-refractivity contribution in [2.75, 3.05) is 7.11 Å². The van der Waals surface area contributed by atoms with Gasteiger partial charge in [0.05, 0.1) is 7.11 Å². The summed E-state index contributed by atoms with van der Waals surface area (Å²) in [5, 5.41) is 0. The summed E-state index contributed by atoms with van der Waals surface area (Å²) in [7, 11) is 1.31. The Bertz CT molecular complexity index is 742. The fraction of sp³-hybridized carbons (Fsp3) is 0.263. The van der Waals surface area contributed by atoms with E-state index in [1.54, 1.807) is 24.3 Å². The quantitative estimate of drug-likeness (QED) is 0.533. The molecule has 0 N–H and O–H groups in total. The second-order valence-electron chi connectivity index (χ2n) is 5.41. The maximum Gasteiger partial charge on any atom is 0.305 e. The third-order valence-corrected chi connectivity index (χ3v) is 3.58. The minimum Gasteiger partial charge on any atom is -0.486 e. The molecule has 6 heteroatoms. The largest absolute Gasteiger partial charge is 0.486 e. The van der Waals surface area contributed by atoms with Gasteiger partial charge in [-0.3, -0.25) is 9.59 Å². The topological polar surface area (TPSA) is 52.6 Å². The molecule has 0 amide bonds. The Hall–Kier alpha value is -2.76. The van der Waals surface area contributed by atoms with Crippen molar-refractivity contribution in [2.24, 2.45) is 0 Å². The molecular weight excluding hydrogens is 330 g/mol. The lowest BCUT2D eigenvalue weighted by Crippen LogP contribution is -2.04. The number of benzene rings is 2. The van der Waals surface area contributed by atoms with Gasteiger partial charge in [0.15, 0.2) is 17.3 Å². The molecule has 132 valence electrons. The first kappa shape index (κ1) is 18.6. The summed E-state index contributed by atoms with van der Waals surface area (Å²) in [5.41, 5.74) is 1.24. The standard InChI is InChI=1S/C19H18F2O4/c1-24-19(23)4-2-3-17(22)14-7-5-13(6-8-14)12-25-18-11-15(20)9-10-16(18)21/h5-11H,2-4,12H2,1H3. The van der Waals surface area contributed by atoms with Gasteiger partial charge in [0, 0.05) is 24.5 Å². The van der Waals surface area contributed by atoms with Gasteiger partial charge in [0.25, 0.3) is 0 Å². The average Bonchev–Trinajstić information content (AvgIpc) is 2.62. The summed E-state index contributed by atoms with van der Waals surface area (Å²) in [4.78, 5) is 23.0. The zero-order valence-electron chi connectivity index (χ0n) is 13.8. The number of methoxy groups -OCH3 is 1. The van der Waals surface area contributed by atoms with Gasteiger partial charge in [0.1, 0.15) is 12.4 Å². The van der Waals surface area contributed by atoms with Crippen LogP contribution in [0.2, 0.25) is 0 Å². The van der Waals surface area contributed by atoms with Crippen molar-refractivity contribution < 1.29 is 27.8 Å². The molecule has 2 aromatic carbocycles. The van der Waals surface area contributed by atoms with Crippen molar-refractivity contribution in [1.29, 1.82) is 0 Å². The van der Waals surface area contributed by atoms with E-state index in [4.69, 9.17) is 4.74 Å². The second kappa shape index (κ2) is 8.92. The fourth-order valence-corrected chi connectivity index (χ4v) is 2.18.